The molecule has 15 heteroatoms. The molecule has 3 fully saturated rings. The molecule has 3 aliphatic heterocycles. The molecule has 42 heavy (non-hydrogen) atoms. The van der Waals surface area contributed by atoms with Crippen LogP contribution in [-0.2, 0) is 20.6 Å². The molecule has 0 spiro atoms. The standard InChI is InChI=1S/C27H30F3N5O7/c1-27(2)39-12-21-25(41-27)23(35-11-18(31-33-35)14-7-16(28)22(30)17(29)8-14)24(36)20(40-21)10-15-9-19(42-32-15)13-3-5-34(6-4-13)26(37)38/h7-9,11,13,20-21,23-25,36H,3-6,10,12H2,1-2H3,(H,37,38)/t20-,21-,23-,24+,25+/m1/s1. The highest BCUT2D eigenvalue weighted by Crippen LogP contribution is 2.39. The van der Waals surface area contributed by atoms with Crippen LogP contribution in [0.4, 0.5) is 18.0 Å². The molecular formula is C27H30F3N5O7. The largest absolute Gasteiger partial charge is 0.465 e. The Balaban J connectivity index is 1.23. The number of piperidine rings is 1. The molecule has 1 aromatic carbocycles. The Labute approximate surface area is 237 Å². The van der Waals surface area contributed by atoms with Gasteiger partial charge < -0.3 is 33.8 Å². The molecule has 226 valence electrons. The zero-order valence-electron chi connectivity index (χ0n) is 22.8. The van der Waals surface area contributed by atoms with Gasteiger partial charge in [0.2, 0.25) is 0 Å². The highest BCUT2D eigenvalue weighted by molar-refractivity contribution is 5.65. The van der Waals surface area contributed by atoms with Gasteiger partial charge in [-0.1, -0.05) is 10.4 Å². The van der Waals surface area contributed by atoms with Crippen molar-refractivity contribution < 1.29 is 46.9 Å². The molecular weight excluding hydrogens is 563 g/mol. The van der Waals surface area contributed by atoms with Crippen LogP contribution in [0.3, 0.4) is 0 Å². The van der Waals surface area contributed by atoms with Crippen molar-refractivity contribution in [1.82, 2.24) is 25.1 Å². The van der Waals surface area contributed by atoms with Gasteiger partial charge in [0.05, 0.1) is 24.6 Å². The lowest BCUT2D eigenvalue weighted by atomic mass is 9.89. The van der Waals surface area contributed by atoms with E-state index in [9.17, 15) is 28.2 Å². The molecule has 0 saturated carbocycles. The first-order chi connectivity index (χ1) is 20.0. The summed E-state index contributed by atoms with van der Waals surface area (Å²) in [5.74, 6) is -4.64. The summed E-state index contributed by atoms with van der Waals surface area (Å²) in [6, 6.07) is 2.60. The third-order valence-corrected chi connectivity index (χ3v) is 8.05. The molecule has 2 N–H and O–H groups in total. The van der Waals surface area contributed by atoms with E-state index in [1.54, 1.807) is 19.9 Å². The lowest BCUT2D eigenvalue weighted by Gasteiger charge is -2.50. The number of halogens is 3. The SMILES string of the molecule is CC1(C)OC[C@H]2O[C@H](Cc3cc(C4CCN(C(=O)O)CC4)on3)[C@H](O)[C@@H](n3cc(-c4cc(F)c(F)c(F)c4)nn3)[C@H]2O1. The fraction of sp³-hybridized carbons (Fsp3) is 0.556. The Morgan fingerprint density at radius 1 is 1.14 bits per heavy atom. The predicted octanol–water partition coefficient (Wildman–Crippen LogP) is 3.27. The molecule has 0 unspecified atom stereocenters. The summed E-state index contributed by atoms with van der Waals surface area (Å²) in [7, 11) is 0. The van der Waals surface area contributed by atoms with E-state index in [-0.39, 0.29) is 30.2 Å². The fourth-order valence-electron chi connectivity index (χ4n) is 5.85. The Hall–Kier alpha value is -3.53. The van der Waals surface area contributed by atoms with Crippen molar-refractivity contribution in [3.05, 3.63) is 53.3 Å². The lowest BCUT2D eigenvalue weighted by Crippen LogP contribution is -2.62. The second-order valence-corrected chi connectivity index (χ2v) is 11.3. The van der Waals surface area contributed by atoms with Crippen molar-refractivity contribution in [2.24, 2.45) is 0 Å². The van der Waals surface area contributed by atoms with Crippen molar-refractivity contribution in [2.75, 3.05) is 19.7 Å². The zero-order chi connectivity index (χ0) is 29.8. The lowest BCUT2D eigenvalue weighted by molar-refractivity contribution is -0.348. The number of rotatable bonds is 5. The van der Waals surface area contributed by atoms with Gasteiger partial charge in [0.15, 0.2) is 23.2 Å². The number of nitrogens with zero attached hydrogens (tertiary/aromatic N) is 5. The number of benzene rings is 1. The second-order valence-electron chi connectivity index (χ2n) is 11.3. The van der Waals surface area contributed by atoms with E-state index in [0.29, 0.717) is 37.4 Å². The summed E-state index contributed by atoms with van der Waals surface area (Å²) in [4.78, 5) is 12.6. The van der Waals surface area contributed by atoms with Gasteiger partial charge in [-0.3, -0.25) is 0 Å². The number of carbonyl (C=O) groups is 1. The molecule has 3 aliphatic rings. The van der Waals surface area contributed by atoms with E-state index in [2.05, 4.69) is 15.5 Å². The topological polar surface area (TPSA) is 145 Å². The Kier molecular flexibility index (Phi) is 7.45. The maximum Gasteiger partial charge on any atom is 0.407 e. The molecule has 3 aromatic rings. The van der Waals surface area contributed by atoms with Crippen LogP contribution in [0.1, 0.15) is 50.1 Å². The van der Waals surface area contributed by atoms with Gasteiger partial charge in [-0.2, -0.15) is 0 Å². The van der Waals surface area contributed by atoms with E-state index < -0.39 is 59.8 Å². The number of amides is 1. The Morgan fingerprint density at radius 2 is 1.86 bits per heavy atom. The third kappa shape index (κ3) is 5.48. The van der Waals surface area contributed by atoms with Gasteiger partial charge in [0.1, 0.15) is 35.8 Å². The number of aliphatic hydroxyl groups excluding tert-OH is 1. The highest BCUT2D eigenvalue weighted by Gasteiger charge is 2.52. The van der Waals surface area contributed by atoms with E-state index >= 15 is 0 Å². The quantitative estimate of drug-likeness (QED) is 0.423. The predicted molar refractivity (Wildman–Crippen MR) is 136 cm³/mol. The van der Waals surface area contributed by atoms with Crippen molar-refractivity contribution in [2.45, 2.75) is 75.3 Å². The number of ether oxygens (including phenoxy) is 3. The average Bonchev–Trinajstić information content (AvgIpc) is 3.62. The van der Waals surface area contributed by atoms with Gasteiger partial charge in [-0.05, 0) is 38.8 Å². The maximum atomic E-state index is 13.9. The third-order valence-electron chi connectivity index (χ3n) is 8.05. The maximum absolute atomic E-state index is 13.9. The minimum atomic E-state index is -1.59. The van der Waals surface area contributed by atoms with Crippen molar-refractivity contribution in [1.29, 1.82) is 0 Å². The summed E-state index contributed by atoms with van der Waals surface area (Å²) >= 11 is 0. The number of hydrogen-bond acceptors (Lipinski definition) is 9. The fourth-order valence-corrected chi connectivity index (χ4v) is 5.85. The van der Waals surface area contributed by atoms with Crippen LogP contribution in [0.2, 0.25) is 0 Å². The molecule has 2 aromatic heterocycles. The number of likely N-dealkylation sites (tertiary alicyclic amines) is 1. The molecule has 0 radical (unpaired) electrons. The van der Waals surface area contributed by atoms with Crippen molar-refractivity contribution in [3.63, 3.8) is 0 Å². The number of hydrogen-bond donors (Lipinski definition) is 2. The van der Waals surface area contributed by atoms with Crippen molar-refractivity contribution in [3.8, 4) is 11.3 Å². The molecule has 5 atom stereocenters. The van der Waals surface area contributed by atoms with Gasteiger partial charge in [-0.25, -0.2) is 22.6 Å². The summed E-state index contributed by atoms with van der Waals surface area (Å²) in [5.41, 5.74) is 0.590. The Bertz CT molecular complexity index is 1430. The number of aromatic nitrogens is 4. The van der Waals surface area contributed by atoms with E-state index in [4.69, 9.17) is 18.7 Å². The first-order valence-electron chi connectivity index (χ1n) is 13.6. The molecule has 1 amide bonds. The van der Waals surface area contributed by atoms with Crippen LogP contribution >= 0.6 is 0 Å². The van der Waals surface area contributed by atoms with Crippen LogP contribution in [0, 0.1) is 17.5 Å². The van der Waals surface area contributed by atoms with Gasteiger partial charge >= 0.3 is 6.09 Å². The first-order valence-corrected chi connectivity index (χ1v) is 13.6. The summed E-state index contributed by atoms with van der Waals surface area (Å²) in [5, 5.41) is 33.1. The summed E-state index contributed by atoms with van der Waals surface area (Å²) in [6.07, 6.45) is -1.44. The highest BCUT2D eigenvalue weighted by atomic mass is 19.2. The van der Waals surface area contributed by atoms with Crippen LogP contribution in [0.15, 0.2) is 28.9 Å². The van der Waals surface area contributed by atoms with E-state index in [1.165, 1.54) is 15.8 Å². The van der Waals surface area contributed by atoms with Crippen LogP contribution in [0.5, 0.6) is 0 Å². The molecule has 6 rings (SSSR count). The smallest absolute Gasteiger partial charge is 0.407 e. The summed E-state index contributed by atoms with van der Waals surface area (Å²) < 4.78 is 66.4. The normalized spacial score (nSPS) is 28.0. The minimum absolute atomic E-state index is 0.0215. The molecule has 0 bridgehead atoms. The monoisotopic (exact) mass is 593 g/mol. The first kappa shape index (κ1) is 28.6. The van der Waals surface area contributed by atoms with Gasteiger partial charge in [-0.15, -0.1) is 5.10 Å². The number of aliphatic hydroxyl groups is 1. The number of carboxylic acid groups (broad SMARTS) is 1. The van der Waals surface area contributed by atoms with Crippen LogP contribution < -0.4 is 0 Å². The van der Waals surface area contributed by atoms with E-state index in [0.717, 1.165) is 12.1 Å². The van der Waals surface area contributed by atoms with Crippen LogP contribution in [0.25, 0.3) is 11.3 Å². The zero-order valence-corrected chi connectivity index (χ0v) is 22.8. The molecule has 12 nitrogen and oxygen atoms in total. The number of fused-ring (bicyclic) bond motifs is 1. The van der Waals surface area contributed by atoms with Gasteiger partial charge in [0.25, 0.3) is 0 Å². The molecule has 5 heterocycles. The second kappa shape index (κ2) is 10.9. The minimum Gasteiger partial charge on any atom is -0.465 e. The van der Waals surface area contributed by atoms with Crippen LogP contribution in [-0.4, -0.2) is 91.3 Å². The molecule has 3 saturated heterocycles. The Morgan fingerprint density at radius 3 is 2.55 bits per heavy atom. The summed E-state index contributed by atoms with van der Waals surface area (Å²) in [6.45, 7) is 4.43. The van der Waals surface area contributed by atoms with Gasteiger partial charge in [0, 0.05) is 37.1 Å². The van der Waals surface area contributed by atoms with E-state index in [1.807, 2.05) is 0 Å². The molecule has 0 aliphatic carbocycles. The average molecular weight is 594 g/mol. The van der Waals surface area contributed by atoms with Crippen molar-refractivity contribution >= 4 is 6.09 Å².